The van der Waals surface area contributed by atoms with Crippen LogP contribution in [0.5, 0.6) is 0 Å². The first-order valence-corrected chi connectivity index (χ1v) is 7.43. The molecule has 1 saturated carbocycles. The van der Waals surface area contributed by atoms with E-state index in [1.807, 2.05) is 18.2 Å². The van der Waals surface area contributed by atoms with Crippen molar-refractivity contribution < 1.29 is 17.9 Å². The van der Waals surface area contributed by atoms with Gasteiger partial charge in [-0.1, -0.05) is 29.8 Å². The average molecular weight is 322 g/mol. The summed E-state index contributed by atoms with van der Waals surface area (Å²) in [5.41, 5.74) is 0.942. The third kappa shape index (κ3) is 6.68. The molecule has 1 aliphatic rings. The number of rotatable bonds is 8. The maximum Gasteiger partial charge on any atom is 0.411 e. The molecule has 0 saturated heterocycles. The standard InChI is InChI=1S/C15H19ClF3NO/c16-14-4-2-1-3-12(14)7-11(8-20-13-5-6-13)9-21-10-15(17,18)19/h1-4,11,13,20H,5-10H2. The molecule has 0 amide bonds. The van der Waals surface area contributed by atoms with E-state index < -0.39 is 12.8 Å². The number of benzene rings is 1. The number of ether oxygens (including phenoxy) is 1. The summed E-state index contributed by atoms with van der Waals surface area (Å²) in [6.07, 6.45) is -1.39. The molecule has 1 fully saturated rings. The van der Waals surface area contributed by atoms with E-state index in [1.54, 1.807) is 6.07 Å². The molecule has 1 aromatic rings. The molecule has 0 aliphatic heterocycles. The minimum Gasteiger partial charge on any atom is -0.372 e. The van der Waals surface area contributed by atoms with Crippen molar-refractivity contribution in [1.82, 2.24) is 5.32 Å². The summed E-state index contributed by atoms with van der Waals surface area (Å²) < 4.78 is 41.3. The molecule has 0 aromatic heterocycles. The predicted molar refractivity (Wildman–Crippen MR) is 76.5 cm³/mol. The fourth-order valence-corrected chi connectivity index (χ4v) is 2.34. The van der Waals surface area contributed by atoms with Gasteiger partial charge in [0.1, 0.15) is 6.61 Å². The predicted octanol–water partition coefficient (Wildman–Crippen LogP) is 3.83. The highest BCUT2D eigenvalue weighted by Gasteiger charge is 2.28. The first-order valence-electron chi connectivity index (χ1n) is 7.05. The van der Waals surface area contributed by atoms with Gasteiger partial charge < -0.3 is 10.1 Å². The topological polar surface area (TPSA) is 21.3 Å². The van der Waals surface area contributed by atoms with E-state index in [9.17, 15) is 13.2 Å². The molecule has 2 rings (SSSR count). The molecule has 6 heteroatoms. The Morgan fingerprint density at radius 1 is 1.29 bits per heavy atom. The van der Waals surface area contributed by atoms with Gasteiger partial charge in [-0.15, -0.1) is 0 Å². The molecule has 1 atom stereocenters. The lowest BCUT2D eigenvalue weighted by Gasteiger charge is -2.19. The summed E-state index contributed by atoms with van der Waals surface area (Å²) in [6.45, 7) is -0.479. The van der Waals surface area contributed by atoms with E-state index in [0.717, 1.165) is 18.4 Å². The van der Waals surface area contributed by atoms with Crippen LogP contribution in [0.25, 0.3) is 0 Å². The van der Waals surface area contributed by atoms with Crippen LogP contribution < -0.4 is 5.32 Å². The van der Waals surface area contributed by atoms with E-state index in [4.69, 9.17) is 16.3 Å². The monoisotopic (exact) mass is 321 g/mol. The molecule has 118 valence electrons. The van der Waals surface area contributed by atoms with Crippen molar-refractivity contribution in [2.45, 2.75) is 31.5 Å². The van der Waals surface area contributed by atoms with Gasteiger partial charge >= 0.3 is 6.18 Å². The van der Waals surface area contributed by atoms with E-state index >= 15 is 0 Å². The van der Waals surface area contributed by atoms with Crippen molar-refractivity contribution in [1.29, 1.82) is 0 Å². The molecule has 0 bridgehead atoms. The Morgan fingerprint density at radius 2 is 2.00 bits per heavy atom. The maximum absolute atomic E-state index is 12.2. The van der Waals surface area contributed by atoms with Crippen molar-refractivity contribution in [2.75, 3.05) is 19.8 Å². The SMILES string of the molecule is FC(F)(F)COCC(CNC1CC1)Cc1ccccc1Cl. The minimum absolute atomic E-state index is 0.0205. The summed E-state index contributed by atoms with van der Waals surface area (Å²) in [4.78, 5) is 0. The van der Waals surface area contributed by atoms with Crippen LogP contribution in [-0.4, -0.2) is 32.0 Å². The Morgan fingerprint density at radius 3 is 2.62 bits per heavy atom. The fraction of sp³-hybridized carbons (Fsp3) is 0.600. The van der Waals surface area contributed by atoms with E-state index in [-0.39, 0.29) is 12.5 Å². The second-order valence-electron chi connectivity index (χ2n) is 5.47. The third-order valence-corrected chi connectivity index (χ3v) is 3.73. The van der Waals surface area contributed by atoms with Crippen LogP contribution in [0.2, 0.25) is 5.02 Å². The molecule has 2 nitrogen and oxygen atoms in total. The van der Waals surface area contributed by atoms with Crippen LogP contribution in [0.3, 0.4) is 0 Å². The van der Waals surface area contributed by atoms with Gasteiger partial charge in [0.25, 0.3) is 0 Å². The van der Waals surface area contributed by atoms with Gasteiger partial charge in [0.05, 0.1) is 6.61 Å². The van der Waals surface area contributed by atoms with Crippen molar-refractivity contribution in [3.05, 3.63) is 34.9 Å². The molecule has 0 heterocycles. The molecule has 0 spiro atoms. The number of nitrogens with one attached hydrogen (secondary N) is 1. The van der Waals surface area contributed by atoms with Gasteiger partial charge in [-0.3, -0.25) is 0 Å². The molecular formula is C15H19ClF3NO. The van der Waals surface area contributed by atoms with Gasteiger partial charge in [0.2, 0.25) is 0 Å². The first-order chi connectivity index (χ1) is 9.94. The molecular weight excluding hydrogens is 303 g/mol. The van der Waals surface area contributed by atoms with E-state index in [1.165, 1.54) is 0 Å². The largest absolute Gasteiger partial charge is 0.411 e. The Labute approximate surface area is 127 Å². The summed E-state index contributed by atoms with van der Waals surface area (Å²) in [5.74, 6) is -0.0205. The lowest BCUT2D eigenvalue weighted by Crippen LogP contribution is -2.30. The van der Waals surface area contributed by atoms with Crippen molar-refractivity contribution in [2.24, 2.45) is 5.92 Å². The first kappa shape index (κ1) is 16.6. The number of hydrogen-bond donors (Lipinski definition) is 1. The Hall–Kier alpha value is -0.780. The normalized spacial score (nSPS) is 17.0. The maximum atomic E-state index is 12.2. The van der Waals surface area contributed by atoms with Crippen LogP contribution in [0.4, 0.5) is 13.2 Å². The Balaban J connectivity index is 1.86. The van der Waals surface area contributed by atoms with E-state index in [0.29, 0.717) is 24.0 Å². The van der Waals surface area contributed by atoms with Crippen LogP contribution in [0.1, 0.15) is 18.4 Å². The number of alkyl halides is 3. The second-order valence-corrected chi connectivity index (χ2v) is 5.88. The molecule has 0 radical (unpaired) electrons. The lowest BCUT2D eigenvalue weighted by atomic mass is 10.00. The van der Waals surface area contributed by atoms with Crippen molar-refractivity contribution >= 4 is 11.6 Å². The Bertz CT molecular complexity index is 449. The van der Waals surface area contributed by atoms with Crippen molar-refractivity contribution in [3.63, 3.8) is 0 Å². The molecule has 1 aromatic carbocycles. The summed E-state index contributed by atoms with van der Waals surface area (Å²) in [6, 6.07) is 7.92. The third-order valence-electron chi connectivity index (χ3n) is 3.36. The van der Waals surface area contributed by atoms with Crippen LogP contribution in [0, 0.1) is 5.92 Å². The second kappa shape index (κ2) is 7.47. The van der Waals surface area contributed by atoms with Crippen molar-refractivity contribution in [3.8, 4) is 0 Å². The zero-order chi connectivity index (χ0) is 15.3. The summed E-state index contributed by atoms with van der Waals surface area (Å²) in [7, 11) is 0. The fourth-order valence-electron chi connectivity index (χ4n) is 2.13. The van der Waals surface area contributed by atoms with E-state index in [2.05, 4.69) is 5.32 Å². The molecule has 1 aliphatic carbocycles. The van der Waals surface area contributed by atoms with Gasteiger partial charge in [-0.2, -0.15) is 13.2 Å². The molecule has 21 heavy (non-hydrogen) atoms. The van der Waals surface area contributed by atoms with Gasteiger partial charge in [-0.25, -0.2) is 0 Å². The average Bonchev–Trinajstić information content (AvgIpc) is 3.21. The highest BCUT2D eigenvalue weighted by Crippen LogP contribution is 2.22. The highest BCUT2D eigenvalue weighted by molar-refractivity contribution is 6.31. The Kier molecular flexibility index (Phi) is 5.90. The number of halogens is 4. The lowest BCUT2D eigenvalue weighted by molar-refractivity contribution is -0.176. The van der Waals surface area contributed by atoms with Crippen LogP contribution in [-0.2, 0) is 11.2 Å². The summed E-state index contributed by atoms with van der Waals surface area (Å²) >= 11 is 6.11. The zero-order valence-electron chi connectivity index (χ0n) is 11.6. The quantitative estimate of drug-likeness (QED) is 0.785. The zero-order valence-corrected chi connectivity index (χ0v) is 12.4. The highest BCUT2D eigenvalue weighted by atomic mass is 35.5. The molecule has 1 unspecified atom stereocenters. The van der Waals surface area contributed by atoms with Gasteiger partial charge in [-0.05, 0) is 36.8 Å². The van der Waals surface area contributed by atoms with Gasteiger partial charge in [0, 0.05) is 17.6 Å². The smallest absolute Gasteiger partial charge is 0.372 e. The van der Waals surface area contributed by atoms with Crippen LogP contribution in [0.15, 0.2) is 24.3 Å². The summed E-state index contributed by atoms with van der Waals surface area (Å²) in [5, 5.41) is 3.98. The van der Waals surface area contributed by atoms with Crippen LogP contribution >= 0.6 is 11.6 Å². The molecule has 1 N–H and O–H groups in total. The number of hydrogen-bond acceptors (Lipinski definition) is 2. The van der Waals surface area contributed by atoms with Gasteiger partial charge in [0.15, 0.2) is 0 Å². The minimum atomic E-state index is -4.28.